The molecule has 2 aromatic heterocycles. The molecule has 2 amide bonds. The van der Waals surface area contributed by atoms with E-state index >= 15 is 0 Å². The van der Waals surface area contributed by atoms with Crippen molar-refractivity contribution in [3.63, 3.8) is 0 Å². The maximum Gasteiger partial charge on any atom is 0.253 e. The second kappa shape index (κ2) is 9.45. The monoisotopic (exact) mass is 480 g/mol. The molecule has 2 fully saturated rings. The standard InChI is InChI=1S/C28H28N6O2/c35-26(32-15-2-1-3-16-32)21-9-7-20(8-10-21)24-6-4-19-34-25(24)30-28(31-34)29-23-13-11-22(12-14-23)27(36)33-17-5-18-33/h4,6-14,19H,1-3,5,15-18H2,(H,29,31). The summed E-state index contributed by atoms with van der Waals surface area (Å²) in [5.74, 6) is 0.652. The zero-order valence-electron chi connectivity index (χ0n) is 20.1. The van der Waals surface area contributed by atoms with Gasteiger partial charge in [0.25, 0.3) is 11.8 Å². The van der Waals surface area contributed by atoms with E-state index in [1.807, 2.05) is 76.7 Å². The molecule has 2 aromatic carbocycles. The average molecular weight is 481 g/mol. The third-order valence-electron chi connectivity index (χ3n) is 6.98. The Labute approximate surface area is 209 Å². The number of rotatable bonds is 5. The molecule has 8 heteroatoms. The fourth-order valence-electron chi connectivity index (χ4n) is 4.78. The van der Waals surface area contributed by atoms with Crippen LogP contribution in [0.3, 0.4) is 0 Å². The highest BCUT2D eigenvalue weighted by Crippen LogP contribution is 2.26. The summed E-state index contributed by atoms with van der Waals surface area (Å²) in [6, 6.07) is 19.1. The lowest BCUT2D eigenvalue weighted by molar-refractivity contribution is 0.0651. The van der Waals surface area contributed by atoms with E-state index in [9.17, 15) is 9.59 Å². The van der Waals surface area contributed by atoms with Gasteiger partial charge in [-0.3, -0.25) is 9.59 Å². The van der Waals surface area contributed by atoms with Gasteiger partial charge in [0.2, 0.25) is 5.95 Å². The van der Waals surface area contributed by atoms with Crippen LogP contribution in [0.2, 0.25) is 0 Å². The van der Waals surface area contributed by atoms with Crippen LogP contribution in [0.25, 0.3) is 16.8 Å². The average Bonchev–Trinajstić information content (AvgIpc) is 3.31. The number of amides is 2. The number of hydrogen-bond acceptors (Lipinski definition) is 5. The molecule has 4 aromatic rings. The van der Waals surface area contributed by atoms with Gasteiger partial charge in [0.15, 0.2) is 5.65 Å². The lowest BCUT2D eigenvalue weighted by atomic mass is 10.0. The topological polar surface area (TPSA) is 82.8 Å². The predicted octanol–water partition coefficient (Wildman–Crippen LogP) is 4.61. The summed E-state index contributed by atoms with van der Waals surface area (Å²) in [6.45, 7) is 3.35. The van der Waals surface area contributed by atoms with Crippen LogP contribution in [0.5, 0.6) is 0 Å². The Bertz CT molecular complexity index is 1400. The second-order valence-corrected chi connectivity index (χ2v) is 9.40. The first-order chi connectivity index (χ1) is 17.7. The van der Waals surface area contributed by atoms with Crippen molar-refractivity contribution in [2.75, 3.05) is 31.5 Å². The van der Waals surface area contributed by atoms with Gasteiger partial charge in [-0.15, -0.1) is 5.10 Å². The number of pyridine rings is 1. The van der Waals surface area contributed by atoms with E-state index in [2.05, 4.69) is 10.4 Å². The van der Waals surface area contributed by atoms with Gasteiger partial charge in [-0.25, -0.2) is 4.52 Å². The van der Waals surface area contributed by atoms with Crippen molar-refractivity contribution in [2.24, 2.45) is 0 Å². The molecule has 0 aliphatic carbocycles. The third-order valence-corrected chi connectivity index (χ3v) is 6.98. The second-order valence-electron chi connectivity index (χ2n) is 9.40. The smallest absolute Gasteiger partial charge is 0.253 e. The Kier molecular flexibility index (Phi) is 5.85. The van der Waals surface area contributed by atoms with Crippen LogP contribution in [-0.4, -0.2) is 62.4 Å². The molecule has 2 saturated heterocycles. The molecule has 6 rings (SSSR count). The molecule has 2 aliphatic rings. The van der Waals surface area contributed by atoms with E-state index in [-0.39, 0.29) is 11.8 Å². The van der Waals surface area contributed by atoms with Gasteiger partial charge in [0, 0.05) is 54.8 Å². The highest BCUT2D eigenvalue weighted by molar-refractivity contribution is 5.95. The molecule has 1 N–H and O–H groups in total. The van der Waals surface area contributed by atoms with Crippen molar-refractivity contribution in [3.05, 3.63) is 78.0 Å². The number of nitrogens with zero attached hydrogens (tertiary/aromatic N) is 5. The summed E-state index contributed by atoms with van der Waals surface area (Å²) in [5.41, 5.74) is 4.85. The van der Waals surface area contributed by atoms with E-state index in [0.717, 1.165) is 67.9 Å². The Morgan fingerprint density at radius 1 is 0.722 bits per heavy atom. The van der Waals surface area contributed by atoms with Gasteiger partial charge in [0.05, 0.1) is 0 Å². The summed E-state index contributed by atoms with van der Waals surface area (Å²) in [4.78, 5) is 33.7. The maximum absolute atomic E-state index is 12.8. The summed E-state index contributed by atoms with van der Waals surface area (Å²) in [5, 5.41) is 7.81. The molecule has 0 unspecified atom stereocenters. The van der Waals surface area contributed by atoms with Crippen LogP contribution in [0, 0.1) is 0 Å². The minimum Gasteiger partial charge on any atom is -0.339 e. The number of benzene rings is 2. The molecule has 182 valence electrons. The fraction of sp³-hybridized carbons (Fsp3) is 0.286. The molecule has 0 bridgehead atoms. The molecule has 4 heterocycles. The molecule has 0 radical (unpaired) electrons. The van der Waals surface area contributed by atoms with Gasteiger partial charge >= 0.3 is 0 Å². The van der Waals surface area contributed by atoms with Crippen molar-refractivity contribution in [2.45, 2.75) is 25.7 Å². The van der Waals surface area contributed by atoms with Crippen LogP contribution < -0.4 is 5.32 Å². The van der Waals surface area contributed by atoms with Crippen LogP contribution in [0.4, 0.5) is 11.6 Å². The zero-order chi connectivity index (χ0) is 24.5. The molecule has 0 saturated carbocycles. The van der Waals surface area contributed by atoms with Gasteiger partial charge in [-0.2, -0.15) is 4.98 Å². The molecular weight excluding hydrogens is 452 g/mol. The van der Waals surface area contributed by atoms with E-state index in [0.29, 0.717) is 17.1 Å². The van der Waals surface area contributed by atoms with E-state index in [1.54, 1.807) is 4.52 Å². The number of hydrogen-bond donors (Lipinski definition) is 1. The summed E-state index contributed by atoms with van der Waals surface area (Å²) in [6.07, 6.45) is 6.30. The van der Waals surface area contributed by atoms with Crippen LogP contribution in [0.1, 0.15) is 46.4 Å². The summed E-state index contributed by atoms with van der Waals surface area (Å²) < 4.78 is 1.74. The first-order valence-corrected chi connectivity index (χ1v) is 12.6. The number of aromatic nitrogens is 3. The van der Waals surface area contributed by atoms with Crippen molar-refractivity contribution >= 4 is 29.1 Å². The summed E-state index contributed by atoms with van der Waals surface area (Å²) >= 11 is 0. The normalized spacial score (nSPS) is 15.6. The van der Waals surface area contributed by atoms with E-state index < -0.39 is 0 Å². The quantitative estimate of drug-likeness (QED) is 0.451. The number of carbonyl (C=O) groups is 2. The highest BCUT2D eigenvalue weighted by atomic mass is 16.2. The molecule has 0 atom stereocenters. The first kappa shape index (κ1) is 22.3. The highest BCUT2D eigenvalue weighted by Gasteiger charge is 2.21. The van der Waals surface area contributed by atoms with E-state index in [4.69, 9.17) is 4.98 Å². The Morgan fingerprint density at radius 3 is 1.94 bits per heavy atom. The van der Waals surface area contributed by atoms with Crippen LogP contribution in [0.15, 0.2) is 66.9 Å². The number of likely N-dealkylation sites (tertiary alicyclic amines) is 2. The molecule has 8 nitrogen and oxygen atoms in total. The van der Waals surface area contributed by atoms with Crippen molar-refractivity contribution in [1.82, 2.24) is 24.4 Å². The number of nitrogens with one attached hydrogen (secondary N) is 1. The number of piperidine rings is 1. The SMILES string of the molecule is O=C(c1ccc(-c2cccn3nc(Nc4ccc(C(=O)N5CCC5)cc4)nc23)cc1)N1CCCCC1. The minimum absolute atomic E-state index is 0.0759. The van der Waals surface area contributed by atoms with Crippen LogP contribution >= 0.6 is 0 Å². The van der Waals surface area contributed by atoms with Gasteiger partial charge in [-0.1, -0.05) is 12.1 Å². The third kappa shape index (κ3) is 4.30. The number of anilines is 2. The van der Waals surface area contributed by atoms with Gasteiger partial charge in [-0.05, 0) is 79.8 Å². The molecule has 0 spiro atoms. The Hall–Kier alpha value is -4.20. The van der Waals surface area contributed by atoms with Crippen molar-refractivity contribution < 1.29 is 9.59 Å². The Morgan fingerprint density at radius 2 is 1.33 bits per heavy atom. The summed E-state index contributed by atoms with van der Waals surface area (Å²) in [7, 11) is 0. The van der Waals surface area contributed by atoms with Gasteiger partial charge < -0.3 is 15.1 Å². The van der Waals surface area contributed by atoms with Crippen molar-refractivity contribution in [3.8, 4) is 11.1 Å². The van der Waals surface area contributed by atoms with Crippen molar-refractivity contribution in [1.29, 1.82) is 0 Å². The van der Waals surface area contributed by atoms with Crippen LogP contribution in [-0.2, 0) is 0 Å². The lowest BCUT2D eigenvalue weighted by Gasteiger charge is -2.30. The fourth-order valence-corrected chi connectivity index (χ4v) is 4.78. The zero-order valence-corrected chi connectivity index (χ0v) is 20.1. The minimum atomic E-state index is 0.0759. The first-order valence-electron chi connectivity index (χ1n) is 12.6. The largest absolute Gasteiger partial charge is 0.339 e. The van der Waals surface area contributed by atoms with E-state index in [1.165, 1.54) is 6.42 Å². The molecule has 36 heavy (non-hydrogen) atoms. The molecule has 2 aliphatic heterocycles. The van der Waals surface area contributed by atoms with Gasteiger partial charge in [0.1, 0.15) is 0 Å². The predicted molar refractivity (Wildman–Crippen MR) is 138 cm³/mol. The lowest BCUT2D eigenvalue weighted by Crippen LogP contribution is -2.41. The maximum atomic E-state index is 12.8. The number of carbonyl (C=O) groups excluding carboxylic acids is 2. The molecular formula is C28H28N6O2. The Balaban J connectivity index is 1.20. The number of fused-ring (bicyclic) bond motifs is 1.